The van der Waals surface area contributed by atoms with Crippen LogP contribution in [0.25, 0.3) is 0 Å². The Morgan fingerprint density at radius 2 is 2.00 bits per heavy atom. The van der Waals surface area contributed by atoms with Crippen LogP contribution in [0.4, 0.5) is 0 Å². The molecule has 0 radical (unpaired) electrons. The maximum atomic E-state index is 10.5. The van der Waals surface area contributed by atoms with E-state index >= 15 is 0 Å². The smallest absolute Gasteiger partial charge is 0.208 e. The first kappa shape index (κ1) is 10.6. The molecule has 2 unspecified atom stereocenters. The highest BCUT2D eigenvalue weighted by molar-refractivity contribution is 7.79. The molecule has 0 aliphatic carbocycles. The molecular weight excluding hydrogens is 166 g/mol. The molecule has 0 aromatic heterocycles. The van der Waals surface area contributed by atoms with Crippen LogP contribution in [-0.2, 0) is 15.9 Å². The quantitative estimate of drug-likeness (QED) is 0.488. The molecule has 0 spiro atoms. The second kappa shape index (κ2) is 3.82. The van der Waals surface area contributed by atoms with Gasteiger partial charge in [-0.05, 0) is 16.5 Å². The van der Waals surface area contributed by atoms with Gasteiger partial charge in [0.1, 0.15) is 0 Å². The molecule has 0 saturated carbocycles. The normalized spacial score (nSPS) is 17.1. The highest BCUT2D eigenvalue weighted by Crippen LogP contribution is 2.20. The average Bonchev–Trinajstić information content (AvgIpc) is 1.79. The van der Waals surface area contributed by atoms with Crippen molar-refractivity contribution in [2.24, 2.45) is 5.41 Å². The van der Waals surface area contributed by atoms with Crippen LogP contribution in [0, 0.1) is 5.41 Å². The maximum absolute atomic E-state index is 10.5. The third kappa shape index (κ3) is 3.48. The van der Waals surface area contributed by atoms with Crippen LogP contribution in [0.1, 0.15) is 20.8 Å². The van der Waals surface area contributed by atoms with Crippen LogP contribution in [0.2, 0.25) is 0 Å². The summed E-state index contributed by atoms with van der Waals surface area (Å²) in [6.45, 7) is 5.22. The van der Waals surface area contributed by atoms with Gasteiger partial charge in [0, 0.05) is 0 Å². The lowest BCUT2D eigenvalue weighted by Crippen LogP contribution is -2.42. The van der Waals surface area contributed by atoms with Gasteiger partial charge in [-0.3, -0.25) is 9.00 Å². The van der Waals surface area contributed by atoms with E-state index in [-0.39, 0.29) is 0 Å². The van der Waals surface area contributed by atoms with Crippen molar-refractivity contribution in [2.45, 2.75) is 26.1 Å². The topological polar surface area (TPSA) is 69.2 Å². The van der Waals surface area contributed by atoms with Crippen LogP contribution >= 0.6 is 0 Å². The Kier molecular flexibility index (Phi) is 3.68. The van der Waals surface area contributed by atoms with Crippen molar-refractivity contribution in [3.05, 3.63) is 0 Å². The molecule has 1 amide bonds. The highest BCUT2D eigenvalue weighted by atomic mass is 32.2. The van der Waals surface area contributed by atoms with Gasteiger partial charge in [-0.25, -0.2) is 0 Å². The van der Waals surface area contributed by atoms with E-state index < -0.39 is 21.9 Å². The van der Waals surface area contributed by atoms with Gasteiger partial charge in [0.05, 0.1) is 5.37 Å². The van der Waals surface area contributed by atoms with Gasteiger partial charge >= 0.3 is 0 Å². The van der Waals surface area contributed by atoms with E-state index in [2.05, 4.69) is 5.32 Å². The Balaban J connectivity index is 4.34. The van der Waals surface area contributed by atoms with Crippen molar-refractivity contribution < 1.29 is 13.6 Å². The summed E-state index contributed by atoms with van der Waals surface area (Å²) in [4.78, 5) is 9.98. The summed E-state index contributed by atoms with van der Waals surface area (Å²) in [5.74, 6) is 0. The summed E-state index contributed by atoms with van der Waals surface area (Å²) in [5.41, 5.74) is -0.465. The average molecular weight is 178 g/mol. The van der Waals surface area contributed by atoms with E-state index in [1.54, 1.807) is 20.8 Å². The monoisotopic (exact) mass is 178 g/mol. The summed E-state index contributed by atoms with van der Waals surface area (Å²) in [7, 11) is 0. The first-order valence-electron chi connectivity index (χ1n) is 3.17. The molecule has 66 valence electrons. The van der Waals surface area contributed by atoms with Crippen molar-refractivity contribution in [3.63, 3.8) is 0 Å². The van der Waals surface area contributed by atoms with Crippen molar-refractivity contribution in [2.75, 3.05) is 0 Å². The molecule has 0 aromatic carbocycles. The minimum absolute atomic E-state index is 0.395. The van der Waals surface area contributed by atoms with E-state index in [0.717, 1.165) is 0 Å². The van der Waals surface area contributed by atoms with Gasteiger partial charge in [-0.15, -0.1) is 0 Å². The summed E-state index contributed by atoms with van der Waals surface area (Å²) >= 11 is -2.27. The molecule has 1 N–H and O–H groups in total. The number of amides is 1. The fourth-order valence-electron chi connectivity index (χ4n) is 0.656. The van der Waals surface area contributed by atoms with Crippen molar-refractivity contribution >= 4 is 17.5 Å². The van der Waals surface area contributed by atoms with Crippen LogP contribution in [-0.4, -0.2) is 20.5 Å². The molecule has 0 aliphatic heterocycles. The molecule has 0 rings (SSSR count). The van der Waals surface area contributed by atoms with E-state index in [0.29, 0.717) is 6.41 Å². The molecule has 11 heavy (non-hydrogen) atoms. The van der Waals surface area contributed by atoms with Crippen LogP contribution in [0.3, 0.4) is 0 Å². The standard InChI is InChI=1S/C6H13NO3S/c1-6(2,3)5(7-4-8)11(9)10/h4-5H,1-3H3,(H,7,8)(H,9,10)/p-1. The summed E-state index contributed by atoms with van der Waals surface area (Å²) in [6, 6.07) is 0. The van der Waals surface area contributed by atoms with Crippen molar-refractivity contribution in [3.8, 4) is 0 Å². The first-order chi connectivity index (χ1) is 4.89. The second-order valence-corrected chi connectivity index (χ2v) is 4.28. The summed E-state index contributed by atoms with van der Waals surface area (Å²) < 4.78 is 21.0. The molecule has 0 aliphatic rings. The molecule has 4 nitrogen and oxygen atoms in total. The Morgan fingerprint density at radius 1 is 1.55 bits per heavy atom. The maximum Gasteiger partial charge on any atom is 0.208 e. The zero-order chi connectivity index (χ0) is 9.07. The van der Waals surface area contributed by atoms with Crippen LogP contribution in [0.5, 0.6) is 0 Å². The molecule has 0 aromatic rings. The predicted molar refractivity (Wildman–Crippen MR) is 41.4 cm³/mol. The zero-order valence-electron chi connectivity index (χ0n) is 6.79. The summed E-state index contributed by atoms with van der Waals surface area (Å²) in [6.07, 6.45) is 0.395. The minimum Gasteiger partial charge on any atom is -0.771 e. The number of carbonyl (C=O) groups excluding carboxylic acids is 1. The molecule has 2 atom stereocenters. The van der Waals surface area contributed by atoms with Gasteiger partial charge in [-0.1, -0.05) is 20.8 Å². The summed E-state index contributed by atoms with van der Waals surface area (Å²) in [5, 5.41) is 1.41. The number of rotatable bonds is 3. The third-order valence-electron chi connectivity index (χ3n) is 1.20. The van der Waals surface area contributed by atoms with Gasteiger partial charge in [0.15, 0.2) is 0 Å². The van der Waals surface area contributed by atoms with E-state index in [4.69, 9.17) is 0 Å². The largest absolute Gasteiger partial charge is 0.771 e. The fourth-order valence-corrected chi connectivity index (χ4v) is 1.40. The Bertz CT molecular complexity index is 164. The third-order valence-corrected chi connectivity index (χ3v) is 2.43. The zero-order valence-corrected chi connectivity index (χ0v) is 7.60. The SMILES string of the molecule is CC(C)(C)C(NC=O)S(=O)[O-]. The van der Waals surface area contributed by atoms with Crippen molar-refractivity contribution in [1.29, 1.82) is 0 Å². The number of nitrogens with one attached hydrogen (secondary N) is 1. The van der Waals surface area contributed by atoms with E-state index in [1.807, 2.05) is 0 Å². The van der Waals surface area contributed by atoms with Gasteiger partial charge < -0.3 is 9.87 Å². The van der Waals surface area contributed by atoms with Crippen molar-refractivity contribution in [1.82, 2.24) is 5.32 Å². The first-order valence-corrected chi connectivity index (χ1v) is 4.31. The van der Waals surface area contributed by atoms with Gasteiger partial charge in [0.2, 0.25) is 6.41 Å². The van der Waals surface area contributed by atoms with Gasteiger partial charge in [0.25, 0.3) is 0 Å². The molecule has 0 saturated heterocycles. The molecular formula is C6H12NO3S-. The van der Waals surface area contributed by atoms with Crippen LogP contribution in [0.15, 0.2) is 0 Å². The van der Waals surface area contributed by atoms with Crippen LogP contribution < -0.4 is 5.32 Å². The number of hydrogen-bond acceptors (Lipinski definition) is 3. The Labute approximate surface area is 68.7 Å². The lowest BCUT2D eigenvalue weighted by Gasteiger charge is -2.31. The Morgan fingerprint density at radius 3 is 2.09 bits per heavy atom. The number of hydrogen-bond donors (Lipinski definition) is 1. The second-order valence-electron chi connectivity index (χ2n) is 3.29. The lowest BCUT2D eigenvalue weighted by atomic mass is 9.97. The Hall–Kier alpha value is -0.420. The van der Waals surface area contributed by atoms with E-state index in [1.165, 1.54) is 0 Å². The van der Waals surface area contributed by atoms with Gasteiger partial charge in [-0.2, -0.15) is 0 Å². The molecule has 0 bridgehead atoms. The highest BCUT2D eigenvalue weighted by Gasteiger charge is 2.24. The predicted octanol–water partition coefficient (Wildman–Crippen LogP) is -0.0163. The van der Waals surface area contributed by atoms with E-state index in [9.17, 15) is 13.6 Å². The molecule has 5 heteroatoms. The number of carbonyl (C=O) groups is 1. The lowest BCUT2D eigenvalue weighted by molar-refractivity contribution is -0.110. The molecule has 0 heterocycles. The molecule has 0 fully saturated rings. The fraction of sp³-hybridized carbons (Fsp3) is 0.833. The minimum atomic E-state index is -2.27.